The Labute approximate surface area is 119 Å². The number of hydrogen-bond acceptors (Lipinski definition) is 2. The number of halogens is 1. The van der Waals surface area contributed by atoms with E-state index in [1.165, 1.54) is 17.7 Å². The fourth-order valence-electron chi connectivity index (χ4n) is 2.24. The van der Waals surface area contributed by atoms with Gasteiger partial charge in [-0.15, -0.1) is 0 Å². The predicted octanol–water partition coefficient (Wildman–Crippen LogP) is 4.33. The lowest BCUT2D eigenvalue weighted by molar-refractivity contribution is 0.592. The van der Waals surface area contributed by atoms with E-state index in [-0.39, 0.29) is 11.2 Å². The average molecular weight is 272 g/mol. The molecule has 3 N–H and O–H groups in total. The van der Waals surface area contributed by atoms with Crippen LogP contribution in [0.25, 0.3) is 0 Å². The van der Waals surface area contributed by atoms with Crippen molar-refractivity contribution in [3.63, 3.8) is 0 Å². The van der Waals surface area contributed by atoms with Gasteiger partial charge in [0.05, 0.1) is 0 Å². The lowest BCUT2D eigenvalue weighted by atomic mass is 9.85. The summed E-state index contributed by atoms with van der Waals surface area (Å²) in [6.07, 6.45) is 0. The minimum Gasteiger partial charge on any atom is -0.355 e. The Hall–Kier alpha value is -1.87. The molecule has 2 nitrogen and oxygen atoms in total. The van der Waals surface area contributed by atoms with Gasteiger partial charge in [-0.1, -0.05) is 39.0 Å². The first-order chi connectivity index (χ1) is 9.41. The largest absolute Gasteiger partial charge is 0.355 e. The summed E-state index contributed by atoms with van der Waals surface area (Å²) in [5.74, 6) is -0.264. The Balaban J connectivity index is 2.41. The summed E-state index contributed by atoms with van der Waals surface area (Å²) < 4.78 is 13.3. The Morgan fingerprint density at radius 1 is 1.05 bits per heavy atom. The predicted molar refractivity (Wildman–Crippen MR) is 82.7 cm³/mol. The van der Waals surface area contributed by atoms with Crippen LogP contribution in [0, 0.1) is 5.82 Å². The second-order valence-electron chi connectivity index (χ2n) is 5.93. The molecule has 0 atom stereocenters. The third kappa shape index (κ3) is 3.17. The molecule has 0 aromatic heterocycles. The van der Waals surface area contributed by atoms with Gasteiger partial charge in [-0.3, -0.25) is 0 Å². The van der Waals surface area contributed by atoms with Gasteiger partial charge in [0.2, 0.25) is 0 Å². The van der Waals surface area contributed by atoms with Crippen molar-refractivity contribution in [2.75, 3.05) is 5.32 Å². The highest BCUT2D eigenvalue weighted by atomic mass is 19.1. The molecule has 20 heavy (non-hydrogen) atoms. The summed E-state index contributed by atoms with van der Waals surface area (Å²) in [6, 6.07) is 12.8. The molecule has 0 radical (unpaired) electrons. The second kappa shape index (κ2) is 5.63. The summed E-state index contributed by atoms with van der Waals surface area (Å²) in [6.45, 7) is 6.81. The first-order valence-electron chi connectivity index (χ1n) is 6.77. The van der Waals surface area contributed by atoms with Crippen LogP contribution in [0.4, 0.5) is 15.8 Å². The van der Waals surface area contributed by atoms with Crippen molar-refractivity contribution in [2.24, 2.45) is 5.73 Å². The van der Waals surface area contributed by atoms with Crippen LogP contribution in [0.5, 0.6) is 0 Å². The molecule has 0 spiro atoms. The van der Waals surface area contributed by atoms with Gasteiger partial charge in [0, 0.05) is 17.9 Å². The highest BCUT2D eigenvalue weighted by Crippen LogP contribution is 2.32. The van der Waals surface area contributed by atoms with Crippen LogP contribution in [-0.2, 0) is 12.0 Å². The smallest absolute Gasteiger partial charge is 0.123 e. The molecule has 2 aromatic rings. The Morgan fingerprint density at radius 3 is 2.40 bits per heavy atom. The van der Waals surface area contributed by atoms with Crippen LogP contribution < -0.4 is 11.1 Å². The van der Waals surface area contributed by atoms with E-state index in [9.17, 15) is 4.39 Å². The first kappa shape index (κ1) is 14.5. The summed E-state index contributed by atoms with van der Waals surface area (Å²) >= 11 is 0. The maximum atomic E-state index is 13.3. The van der Waals surface area contributed by atoms with Crippen LogP contribution in [-0.4, -0.2) is 0 Å². The van der Waals surface area contributed by atoms with E-state index in [0.717, 1.165) is 16.9 Å². The number of rotatable bonds is 3. The van der Waals surface area contributed by atoms with Crippen molar-refractivity contribution in [3.05, 3.63) is 59.4 Å². The average Bonchev–Trinajstić information content (AvgIpc) is 2.40. The number of hydrogen-bond donors (Lipinski definition) is 2. The molecule has 2 aromatic carbocycles. The zero-order valence-corrected chi connectivity index (χ0v) is 12.2. The Bertz CT molecular complexity index is 600. The van der Waals surface area contributed by atoms with Crippen molar-refractivity contribution in [1.82, 2.24) is 0 Å². The van der Waals surface area contributed by atoms with E-state index >= 15 is 0 Å². The van der Waals surface area contributed by atoms with Crippen LogP contribution in [0.15, 0.2) is 42.5 Å². The normalized spacial score (nSPS) is 11.4. The van der Waals surface area contributed by atoms with Crippen LogP contribution >= 0.6 is 0 Å². The van der Waals surface area contributed by atoms with Crippen molar-refractivity contribution in [3.8, 4) is 0 Å². The minimum absolute atomic E-state index is 0.0342. The van der Waals surface area contributed by atoms with E-state index in [1.807, 2.05) is 18.2 Å². The van der Waals surface area contributed by atoms with E-state index < -0.39 is 0 Å². The molecule has 0 saturated carbocycles. The summed E-state index contributed by atoms with van der Waals surface area (Å²) in [5.41, 5.74) is 9.59. The van der Waals surface area contributed by atoms with E-state index in [0.29, 0.717) is 6.54 Å². The SMILES string of the molecule is CC(C)(C)c1ccccc1Nc1ccc(F)cc1CN. The zero-order valence-electron chi connectivity index (χ0n) is 12.2. The van der Waals surface area contributed by atoms with E-state index in [2.05, 4.69) is 32.2 Å². The molecular weight excluding hydrogens is 251 g/mol. The highest BCUT2D eigenvalue weighted by molar-refractivity contribution is 5.67. The lowest BCUT2D eigenvalue weighted by Gasteiger charge is -2.24. The number of nitrogens with one attached hydrogen (secondary N) is 1. The quantitative estimate of drug-likeness (QED) is 0.873. The second-order valence-corrected chi connectivity index (χ2v) is 5.93. The van der Waals surface area contributed by atoms with Gasteiger partial charge in [-0.2, -0.15) is 0 Å². The molecule has 0 aliphatic heterocycles. The summed E-state index contributed by atoms with van der Waals surface area (Å²) in [7, 11) is 0. The van der Waals surface area contributed by atoms with Crippen molar-refractivity contribution in [2.45, 2.75) is 32.7 Å². The topological polar surface area (TPSA) is 38.0 Å². The van der Waals surface area contributed by atoms with Crippen LogP contribution in [0.3, 0.4) is 0 Å². The van der Waals surface area contributed by atoms with Crippen LogP contribution in [0.1, 0.15) is 31.9 Å². The molecule has 0 unspecified atom stereocenters. The molecule has 0 bridgehead atoms. The fourth-order valence-corrected chi connectivity index (χ4v) is 2.24. The molecule has 0 aliphatic rings. The van der Waals surface area contributed by atoms with Gasteiger partial charge in [-0.25, -0.2) is 4.39 Å². The molecule has 0 saturated heterocycles. The number of benzene rings is 2. The molecule has 0 aliphatic carbocycles. The van der Waals surface area contributed by atoms with Gasteiger partial charge in [0.1, 0.15) is 5.82 Å². The minimum atomic E-state index is -0.264. The fraction of sp³-hybridized carbons (Fsp3) is 0.294. The monoisotopic (exact) mass is 272 g/mol. The maximum absolute atomic E-state index is 13.3. The lowest BCUT2D eigenvalue weighted by Crippen LogP contribution is -2.14. The molecule has 0 heterocycles. The molecule has 106 valence electrons. The Morgan fingerprint density at radius 2 is 1.75 bits per heavy atom. The van der Waals surface area contributed by atoms with Crippen molar-refractivity contribution in [1.29, 1.82) is 0 Å². The number of para-hydroxylation sites is 1. The van der Waals surface area contributed by atoms with Gasteiger partial charge >= 0.3 is 0 Å². The zero-order chi connectivity index (χ0) is 14.8. The Kier molecular flexibility index (Phi) is 4.09. The van der Waals surface area contributed by atoms with Crippen LogP contribution in [0.2, 0.25) is 0 Å². The summed E-state index contributed by atoms with van der Waals surface area (Å²) in [5, 5.41) is 3.38. The summed E-state index contributed by atoms with van der Waals surface area (Å²) in [4.78, 5) is 0. The number of nitrogens with two attached hydrogens (primary N) is 1. The van der Waals surface area contributed by atoms with E-state index in [1.54, 1.807) is 6.07 Å². The molecule has 0 amide bonds. The van der Waals surface area contributed by atoms with Crippen molar-refractivity contribution >= 4 is 11.4 Å². The third-order valence-corrected chi connectivity index (χ3v) is 3.29. The van der Waals surface area contributed by atoms with Gasteiger partial charge in [-0.05, 0) is 40.8 Å². The van der Waals surface area contributed by atoms with E-state index in [4.69, 9.17) is 5.73 Å². The third-order valence-electron chi connectivity index (χ3n) is 3.29. The molecular formula is C17H21FN2. The molecule has 2 rings (SSSR count). The van der Waals surface area contributed by atoms with Gasteiger partial charge in [0.15, 0.2) is 0 Å². The maximum Gasteiger partial charge on any atom is 0.123 e. The number of anilines is 2. The standard InChI is InChI=1S/C17H21FN2/c1-17(2,3)14-6-4-5-7-16(14)20-15-9-8-13(18)10-12(15)11-19/h4-10,20H,11,19H2,1-3H3. The van der Waals surface area contributed by atoms with Gasteiger partial charge < -0.3 is 11.1 Å². The molecule has 0 fully saturated rings. The van der Waals surface area contributed by atoms with Crippen molar-refractivity contribution < 1.29 is 4.39 Å². The highest BCUT2D eigenvalue weighted by Gasteiger charge is 2.17. The molecule has 3 heteroatoms. The van der Waals surface area contributed by atoms with Gasteiger partial charge in [0.25, 0.3) is 0 Å². The first-order valence-corrected chi connectivity index (χ1v) is 6.77.